The molecule has 0 radical (unpaired) electrons. The van der Waals surface area contributed by atoms with Crippen molar-refractivity contribution in [1.82, 2.24) is 4.90 Å². The van der Waals surface area contributed by atoms with Crippen LogP contribution in [0.5, 0.6) is 11.5 Å². The number of hydrogen-bond acceptors (Lipinski definition) is 4. The van der Waals surface area contributed by atoms with E-state index in [9.17, 15) is 4.79 Å². The highest BCUT2D eigenvalue weighted by atomic mass is 16.5. The van der Waals surface area contributed by atoms with Gasteiger partial charge in [-0.3, -0.25) is 9.79 Å². The maximum atomic E-state index is 12.6. The average molecular weight is 260 g/mol. The van der Waals surface area contributed by atoms with Gasteiger partial charge in [-0.1, -0.05) is 0 Å². The first-order valence-electron chi connectivity index (χ1n) is 6.35. The molecular weight excluding hydrogens is 244 g/mol. The van der Waals surface area contributed by atoms with Gasteiger partial charge in [0.1, 0.15) is 17.2 Å². The van der Waals surface area contributed by atoms with Gasteiger partial charge in [0.25, 0.3) is 5.91 Å². The third kappa shape index (κ3) is 1.85. The summed E-state index contributed by atoms with van der Waals surface area (Å²) in [7, 11) is 3.14. The number of fused-ring (bicyclic) bond motifs is 2. The lowest BCUT2D eigenvalue weighted by Gasteiger charge is -2.20. The van der Waals surface area contributed by atoms with E-state index in [1.165, 1.54) is 0 Å². The second kappa shape index (κ2) is 4.57. The minimum atomic E-state index is 0.00667. The molecule has 5 nitrogen and oxygen atoms in total. The molecule has 19 heavy (non-hydrogen) atoms. The van der Waals surface area contributed by atoms with E-state index >= 15 is 0 Å². The summed E-state index contributed by atoms with van der Waals surface area (Å²) < 4.78 is 10.5. The van der Waals surface area contributed by atoms with Gasteiger partial charge < -0.3 is 14.4 Å². The van der Waals surface area contributed by atoms with Crippen molar-refractivity contribution in [1.29, 1.82) is 0 Å². The third-order valence-corrected chi connectivity index (χ3v) is 3.67. The molecule has 3 rings (SSSR count). The lowest BCUT2D eigenvalue weighted by atomic mass is 10.1. The molecule has 2 heterocycles. The van der Waals surface area contributed by atoms with Crippen LogP contribution in [0.3, 0.4) is 0 Å². The fourth-order valence-electron chi connectivity index (χ4n) is 2.67. The maximum Gasteiger partial charge on any atom is 0.256 e. The average Bonchev–Trinajstić information content (AvgIpc) is 2.87. The van der Waals surface area contributed by atoms with Crippen LogP contribution < -0.4 is 9.47 Å². The highest BCUT2D eigenvalue weighted by Gasteiger charge is 2.33. The molecule has 2 aliphatic heterocycles. The Balaban J connectivity index is 2.16. The Kier molecular flexibility index (Phi) is 2.89. The van der Waals surface area contributed by atoms with Crippen LogP contribution in [0.15, 0.2) is 17.1 Å². The Morgan fingerprint density at radius 2 is 2.16 bits per heavy atom. The first kappa shape index (κ1) is 12.0. The van der Waals surface area contributed by atoms with Crippen molar-refractivity contribution >= 4 is 17.8 Å². The van der Waals surface area contributed by atoms with E-state index in [2.05, 4.69) is 4.99 Å². The molecule has 2 aliphatic rings. The molecule has 100 valence electrons. The first-order valence-corrected chi connectivity index (χ1v) is 6.35. The number of nitrogens with zero attached hydrogens (tertiary/aromatic N) is 2. The van der Waals surface area contributed by atoms with Crippen LogP contribution in [0.4, 0.5) is 5.69 Å². The van der Waals surface area contributed by atoms with Crippen LogP contribution in [0, 0.1) is 0 Å². The SMILES string of the molecule is COc1cc(OC)c2c(c1)C(=O)N1CCC[C@H]1C=N2. The zero-order valence-electron chi connectivity index (χ0n) is 11.0. The quantitative estimate of drug-likeness (QED) is 0.817. The Morgan fingerprint density at radius 3 is 2.89 bits per heavy atom. The lowest BCUT2D eigenvalue weighted by Crippen LogP contribution is -2.35. The first-order chi connectivity index (χ1) is 9.24. The van der Waals surface area contributed by atoms with Crippen LogP contribution in [0.25, 0.3) is 0 Å². The molecule has 1 atom stereocenters. The smallest absolute Gasteiger partial charge is 0.256 e. The van der Waals surface area contributed by atoms with Gasteiger partial charge in [0, 0.05) is 18.8 Å². The minimum absolute atomic E-state index is 0.00667. The van der Waals surface area contributed by atoms with Gasteiger partial charge in [-0.05, 0) is 18.9 Å². The fourth-order valence-corrected chi connectivity index (χ4v) is 2.67. The summed E-state index contributed by atoms with van der Waals surface area (Å²) >= 11 is 0. The van der Waals surface area contributed by atoms with Crippen molar-refractivity contribution in [2.45, 2.75) is 18.9 Å². The Morgan fingerprint density at radius 1 is 1.32 bits per heavy atom. The van der Waals surface area contributed by atoms with Gasteiger partial charge in [0.15, 0.2) is 0 Å². The van der Waals surface area contributed by atoms with Gasteiger partial charge in [0.2, 0.25) is 0 Å². The standard InChI is InChI=1S/C14H16N2O3/c1-18-10-6-11-13(12(7-10)19-2)15-8-9-4-3-5-16(9)14(11)17/h6-9H,3-5H2,1-2H3/t9-/m0/s1. The Hall–Kier alpha value is -2.04. The maximum absolute atomic E-state index is 12.6. The van der Waals surface area contributed by atoms with Crippen LogP contribution in [-0.2, 0) is 0 Å². The molecule has 1 fully saturated rings. The zero-order valence-corrected chi connectivity index (χ0v) is 11.0. The van der Waals surface area contributed by atoms with Crippen molar-refractivity contribution in [3.63, 3.8) is 0 Å². The molecule has 1 aromatic carbocycles. The molecular formula is C14H16N2O3. The summed E-state index contributed by atoms with van der Waals surface area (Å²) in [6, 6.07) is 3.59. The molecule has 1 amide bonds. The monoisotopic (exact) mass is 260 g/mol. The van der Waals surface area contributed by atoms with E-state index < -0.39 is 0 Å². The van der Waals surface area contributed by atoms with E-state index in [4.69, 9.17) is 9.47 Å². The van der Waals surface area contributed by atoms with Gasteiger partial charge in [-0.15, -0.1) is 0 Å². The van der Waals surface area contributed by atoms with Crippen LogP contribution in [0.1, 0.15) is 23.2 Å². The highest BCUT2D eigenvalue weighted by Crippen LogP contribution is 2.39. The molecule has 0 unspecified atom stereocenters. The number of amides is 1. The number of ether oxygens (including phenoxy) is 2. The summed E-state index contributed by atoms with van der Waals surface area (Å²) in [6.07, 6.45) is 3.85. The number of hydrogen-bond donors (Lipinski definition) is 0. The van der Waals surface area contributed by atoms with Crippen molar-refractivity contribution in [2.75, 3.05) is 20.8 Å². The van der Waals surface area contributed by atoms with Gasteiger partial charge >= 0.3 is 0 Å². The molecule has 0 N–H and O–H groups in total. The number of carbonyl (C=O) groups is 1. The minimum Gasteiger partial charge on any atom is -0.497 e. The molecule has 1 aromatic rings. The summed E-state index contributed by atoms with van der Waals surface area (Å²) in [6.45, 7) is 0.786. The topological polar surface area (TPSA) is 51.1 Å². The number of carbonyl (C=O) groups excluding carboxylic acids is 1. The van der Waals surface area contributed by atoms with Crippen molar-refractivity contribution < 1.29 is 14.3 Å². The lowest BCUT2D eigenvalue weighted by molar-refractivity contribution is 0.0774. The van der Waals surface area contributed by atoms with Gasteiger partial charge in [-0.2, -0.15) is 0 Å². The van der Waals surface area contributed by atoms with Crippen molar-refractivity contribution in [2.24, 2.45) is 4.99 Å². The van der Waals surface area contributed by atoms with E-state index in [0.29, 0.717) is 22.7 Å². The van der Waals surface area contributed by atoms with Crippen molar-refractivity contribution in [3.8, 4) is 11.5 Å². The summed E-state index contributed by atoms with van der Waals surface area (Å²) in [4.78, 5) is 18.9. The zero-order chi connectivity index (χ0) is 13.4. The molecule has 1 saturated heterocycles. The second-order valence-electron chi connectivity index (χ2n) is 4.71. The largest absolute Gasteiger partial charge is 0.497 e. The predicted octanol–water partition coefficient (Wildman–Crippen LogP) is 2.02. The molecule has 0 aromatic heterocycles. The number of benzene rings is 1. The van der Waals surface area contributed by atoms with Crippen LogP contribution in [-0.4, -0.2) is 43.8 Å². The summed E-state index contributed by atoms with van der Waals surface area (Å²) in [5.74, 6) is 1.18. The number of methoxy groups -OCH3 is 2. The summed E-state index contributed by atoms with van der Waals surface area (Å²) in [5.41, 5.74) is 1.15. The normalized spacial score (nSPS) is 20.8. The van der Waals surface area contributed by atoms with Gasteiger partial charge in [-0.25, -0.2) is 0 Å². The van der Waals surface area contributed by atoms with E-state index in [-0.39, 0.29) is 11.9 Å². The van der Waals surface area contributed by atoms with Crippen LogP contribution >= 0.6 is 0 Å². The van der Waals surface area contributed by atoms with E-state index in [1.54, 1.807) is 26.4 Å². The summed E-state index contributed by atoms with van der Waals surface area (Å²) in [5, 5.41) is 0. The van der Waals surface area contributed by atoms with Crippen LogP contribution in [0.2, 0.25) is 0 Å². The highest BCUT2D eigenvalue weighted by molar-refractivity contribution is 6.04. The Bertz CT molecular complexity index is 554. The van der Waals surface area contributed by atoms with Crippen molar-refractivity contribution in [3.05, 3.63) is 17.7 Å². The second-order valence-corrected chi connectivity index (χ2v) is 4.71. The fraction of sp³-hybridized carbons (Fsp3) is 0.429. The molecule has 0 aliphatic carbocycles. The predicted molar refractivity (Wildman–Crippen MR) is 71.8 cm³/mol. The van der Waals surface area contributed by atoms with E-state index in [1.807, 2.05) is 11.1 Å². The number of aliphatic imine (C=N–C) groups is 1. The van der Waals surface area contributed by atoms with E-state index in [0.717, 1.165) is 19.4 Å². The Labute approximate surface area is 111 Å². The van der Waals surface area contributed by atoms with Gasteiger partial charge in [0.05, 0.1) is 25.8 Å². The molecule has 5 heteroatoms. The molecule has 0 saturated carbocycles. The molecule has 0 spiro atoms. The number of rotatable bonds is 2. The molecule has 0 bridgehead atoms. The third-order valence-electron chi connectivity index (χ3n) is 3.67.